The van der Waals surface area contributed by atoms with Gasteiger partial charge >= 0.3 is 0 Å². The van der Waals surface area contributed by atoms with Crippen LogP contribution in [0.3, 0.4) is 0 Å². The van der Waals surface area contributed by atoms with Crippen LogP contribution in [0.15, 0.2) is 6.33 Å². The van der Waals surface area contributed by atoms with Gasteiger partial charge in [0.2, 0.25) is 0 Å². The largest absolute Gasteiger partial charge is 0.314 e. The molecule has 2 heterocycles. The molecule has 0 aliphatic carbocycles. The molecule has 20 heavy (non-hydrogen) atoms. The number of aromatic nitrogens is 3. The summed E-state index contributed by atoms with van der Waals surface area (Å²) in [5, 5.41) is 7.99. The average Bonchev–Trinajstić information content (AvgIpc) is 2.88. The van der Waals surface area contributed by atoms with Crippen LogP contribution < -0.4 is 5.32 Å². The van der Waals surface area contributed by atoms with Crippen LogP contribution in [0.1, 0.15) is 45.4 Å². The van der Waals surface area contributed by atoms with Crippen LogP contribution in [0.25, 0.3) is 0 Å². The Hall–Kier alpha value is -0.550. The van der Waals surface area contributed by atoms with E-state index in [-0.39, 0.29) is 0 Å². The number of likely N-dealkylation sites (N-methyl/N-ethyl adjacent to an activating group) is 1. The number of hydrogen-bond donors (Lipinski definition) is 1. The second-order valence-corrected chi connectivity index (χ2v) is 6.87. The highest BCUT2D eigenvalue weighted by molar-refractivity contribution is 7.99. The van der Waals surface area contributed by atoms with E-state index in [1.165, 1.54) is 30.8 Å². The maximum absolute atomic E-state index is 4.46. The Morgan fingerprint density at radius 1 is 1.40 bits per heavy atom. The lowest BCUT2D eigenvalue weighted by molar-refractivity contribution is 0.358. The van der Waals surface area contributed by atoms with Gasteiger partial charge in [-0.2, -0.15) is 16.9 Å². The second kappa shape index (κ2) is 8.67. The van der Waals surface area contributed by atoms with E-state index in [2.05, 4.69) is 45.7 Å². The zero-order chi connectivity index (χ0) is 14.2. The van der Waals surface area contributed by atoms with Crippen LogP contribution in [-0.4, -0.2) is 38.9 Å². The van der Waals surface area contributed by atoms with Crippen molar-refractivity contribution in [2.24, 2.45) is 5.92 Å². The van der Waals surface area contributed by atoms with Crippen LogP contribution in [0.5, 0.6) is 0 Å². The number of hydrogen-bond acceptors (Lipinski definition) is 4. The van der Waals surface area contributed by atoms with Crippen molar-refractivity contribution in [2.75, 3.05) is 18.1 Å². The van der Waals surface area contributed by atoms with Gasteiger partial charge in [-0.15, -0.1) is 0 Å². The molecule has 1 saturated heterocycles. The summed E-state index contributed by atoms with van der Waals surface area (Å²) in [6, 6.07) is 0.549. The van der Waals surface area contributed by atoms with Gasteiger partial charge in [0.1, 0.15) is 12.2 Å². The topological polar surface area (TPSA) is 42.7 Å². The van der Waals surface area contributed by atoms with Crippen LogP contribution >= 0.6 is 11.8 Å². The molecule has 1 unspecified atom stereocenters. The lowest BCUT2D eigenvalue weighted by Crippen LogP contribution is -2.34. The number of aryl methyl sites for hydroxylation is 1. The predicted octanol–water partition coefficient (Wildman–Crippen LogP) is 2.74. The van der Waals surface area contributed by atoms with Crippen molar-refractivity contribution in [1.82, 2.24) is 20.1 Å². The molecule has 0 spiro atoms. The molecule has 1 aliphatic rings. The molecule has 0 radical (unpaired) electrons. The Bertz CT molecular complexity index is 374. The molecule has 0 bridgehead atoms. The minimum absolute atomic E-state index is 0.549. The summed E-state index contributed by atoms with van der Waals surface area (Å²) >= 11 is 2.11. The summed E-state index contributed by atoms with van der Waals surface area (Å²) in [6.07, 6.45) is 7.88. The van der Waals surface area contributed by atoms with E-state index in [0.717, 1.165) is 37.7 Å². The van der Waals surface area contributed by atoms with Crippen LogP contribution in [0, 0.1) is 5.92 Å². The lowest BCUT2D eigenvalue weighted by atomic mass is 9.92. The summed E-state index contributed by atoms with van der Waals surface area (Å²) < 4.78 is 2.07. The van der Waals surface area contributed by atoms with Gasteiger partial charge in [-0.1, -0.05) is 13.8 Å². The van der Waals surface area contributed by atoms with Crippen molar-refractivity contribution in [1.29, 1.82) is 0 Å². The highest BCUT2D eigenvalue weighted by atomic mass is 32.2. The van der Waals surface area contributed by atoms with Gasteiger partial charge < -0.3 is 5.32 Å². The monoisotopic (exact) mass is 296 g/mol. The van der Waals surface area contributed by atoms with E-state index in [1.807, 2.05) is 0 Å². The Kier molecular flexibility index (Phi) is 6.87. The molecular weight excluding hydrogens is 268 g/mol. The van der Waals surface area contributed by atoms with Gasteiger partial charge in [-0.25, -0.2) is 4.98 Å². The summed E-state index contributed by atoms with van der Waals surface area (Å²) in [7, 11) is 0. The number of rotatable bonds is 8. The minimum atomic E-state index is 0.549. The van der Waals surface area contributed by atoms with Crippen molar-refractivity contribution in [3.05, 3.63) is 12.2 Å². The fourth-order valence-electron chi connectivity index (χ4n) is 2.98. The SMILES string of the molecule is CCCn1ncnc1CC(CC1CCSCC1)NCC. The maximum Gasteiger partial charge on any atom is 0.138 e. The molecule has 5 heteroatoms. The minimum Gasteiger partial charge on any atom is -0.314 e. The van der Waals surface area contributed by atoms with Crippen LogP contribution in [0.4, 0.5) is 0 Å². The quantitative estimate of drug-likeness (QED) is 0.801. The van der Waals surface area contributed by atoms with Crippen molar-refractivity contribution in [2.45, 2.75) is 58.5 Å². The number of nitrogens with one attached hydrogen (secondary N) is 1. The van der Waals surface area contributed by atoms with Gasteiger partial charge in [0.15, 0.2) is 0 Å². The van der Waals surface area contributed by atoms with Crippen molar-refractivity contribution in [3.8, 4) is 0 Å². The molecular formula is C15H28N4S. The zero-order valence-electron chi connectivity index (χ0n) is 12.8. The standard InChI is InChI=1S/C15H28N4S/c1-3-7-19-15(17-12-18-19)11-14(16-4-2)10-13-5-8-20-9-6-13/h12-14,16H,3-11H2,1-2H3. The molecule has 0 aromatic carbocycles. The highest BCUT2D eigenvalue weighted by Gasteiger charge is 2.20. The summed E-state index contributed by atoms with van der Waals surface area (Å²) in [5.41, 5.74) is 0. The van der Waals surface area contributed by atoms with Crippen molar-refractivity contribution in [3.63, 3.8) is 0 Å². The molecule has 1 N–H and O–H groups in total. The second-order valence-electron chi connectivity index (χ2n) is 5.65. The highest BCUT2D eigenvalue weighted by Crippen LogP contribution is 2.27. The van der Waals surface area contributed by atoms with Crippen molar-refractivity contribution < 1.29 is 0 Å². The van der Waals surface area contributed by atoms with E-state index < -0.39 is 0 Å². The third-order valence-electron chi connectivity index (χ3n) is 4.01. The van der Waals surface area contributed by atoms with E-state index in [4.69, 9.17) is 0 Å². The third kappa shape index (κ3) is 4.77. The molecule has 1 aromatic rings. The van der Waals surface area contributed by atoms with Gasteiger partial charge in [0.05, 0.1) is 0 Å². The molecule has 1 aliphatic heterocycles. The molecule has 1 atom stereocenters. The van der Waals surface area contributed by atoms with Crippen LogP contribution in [0.2, 0.25) is 0 Å². The number of thioether (sulfide) groups is 1. The maximum atomic E-state index is 4.46. The van der Waals surface area contributed by atoms with Gasteiger partial charge in [-0.3, -0.25) is 4.68 Å². The molecule has 1 fully saturated rings. The zero-order valence-corrected chi connectivity index (χ0v) is 13.7. The number of nitrogens with zero attached hydrogens (tertiary/aromatic N) is 3. The van der Waals surface area contributed by atoms with E-state index in [9.17, 15) is 0 Å². The van der Waals surface area contributed by atoms with Gasteiger partial charge in [0, 0.05) is 19.0 Å². The summed E-state index contributed by atoms with van der Waals surface area (Å²) in [4.78, 5) is 4.46. The van der Waals surface area contributed by atoms with E-state index in [0.29, 0.717) is 6.04 Å². The Morgan fingerprint density at radius 3 is 2.90 bits per heavy atom. The Morgan fingerprint density at radius 2 is 2.20 bits per heavy atom. The predicted molar refractivity (Wildman–Crippen MR) is 86.1 cm³/mol. The summed E-state index contributed by atoms with van der Waals surface area (Å²) in [5.74, 6) is 4.72. The molecule has 0 saturated carbocycles. The first-order valence-corrected chi connectivity index (χ1v) is 9.16. The third-order valence-corrected chi connectivity index (χ3v) is 5.06. The van der Waals surface area contributed by atoms with Crippen LogP contribution in [-0.2, 0) is 13.0 Å². The Labute approximate surface area is 127 Å². The molecule has 2 rings (SSSR count). The fourth-order valence-corrected chi connectivity index (χ4v) is 4.18. The first-order valence-electron chi connectivity index (χ1n) is 8.01. The first-order chi connectivity index (χ1) is 9.83. The normalized spacial score (nSPS) is 18.3. The molecule has 0 amide bonds. The molecule has 114 valence electrons. The summed E-state index contributed by atoms with van der Waals surface area (Å²) in [6.45, 7) is 6.40. The van der Waals surface area contributed by atoms with Gasteiger partial charge in [0.25, 0.3) is 0 Å². The van der Waals surface area contributed by atoms with E-state index in [1.54, 1.807) is 6.33 Å². The molecule has 1 aromatic heterocycles. The Balaban J connectivity index is 1.91. The first kappa shape index (κ1) is 15.8. The average molecular weight is 296 g/mol. The van der Waals surface area contributed by atoms with Crippen molar-refractivity contribution >= 4 is 11.8 Å². The van der Waals surface area contributed by atoms with Gasteiger partial charge in [-0.05, 0) is 49.7 Å². The fraction of sp³-hybridized carbons (Fsp3) is 0.867. The molecule has 4 nitrogen and oxygen atoms in total. The lowest BCUT2D eigenvalue weighted by Gasteiger charge is -2.26. The van der Waals surface area contributed by atoms with E-state index >= 15 is 0 Å². The smallest absolute Gasteiger partial charge is 0.138 e.